The van der Waals surface area contributed by atoms with Crippen molar-refractivity contribution in [3.05, 3.63) is 105 Å². The zero-order chi connectivity index (χ0) is 26.1. The van der Waals surface area contributed by atoms with E-state index < -0.39 is 16.7 Å². The van der Waals surface area contributed by atoms with E-state index in [0.29, 0.717) is 33.9 Å². The highest BCUT2D eigenvalue weighted by molar-refractivity contribution is 6.06. The Bertz CT molecular complexity index is 1340. The van der Waals surface area contributed by atoms with E-state index >= 15 is 0 Å². The number of ether oxygens (including phenoxy) is 2. The smallest absolute Gasteiger partial charge is 0.287 e. The Morgan fingerprint density at radius 3 is 2.33 bits per heavy atom. The van der Waals surface area contributed by atoms with Crippen LogP contribution in [-0.2, 0) is 4.79 Å². The second-order valence-electron chi connectivity index (χ2n) is 7.43. The third-order valence-electron chi connectivity index (χ3n) is 5.07. The predicted molar refractivity (Wildman–Crippen MR) is 135 cm³/mol. The topological polar surface area (TPSA) is 132 Å². The highest BCUT2D eigenvalue weighted by Gasteiger charge is 2.16. The summed E-state index contributed by atoms with van der Waals surface area (Å²) in [6, 6.07) is 19.3. The Kier molecular flexibility index (Phi) is 8.49. The van der Waals surface area contributed by atoms with E-state index in [1.54, 1.807) is 61.5 Å². The van der Waals surface area contributed by atoms with Gasteiger partial charge < -0.3 is 14.8 Å². The number of rotatable bonds is 9. The first-order valence-electron chi connectivity index (χ1n) is 10.7. The molecule has 0 aromatic heterocycles. The second-order valence-corrected chi connectivity index (χ2v) is 7.43. The molecule has 10 heteroatoms. The summed E-state index contributed by atoms with van der Waals surface area (Å²) >= 11 is 0. The largest absolute Gasteiger partial charge is 0.497 e. The Balaban J connectivity index is 1.92. The molecular formula is C26H24N4O6. The van der Waals surface area contributed by atoms with E-state index in [-0.39, 0.29) is 11.4 Å². The molecule has 184 valence electrons. The van der Waals surface area contributed by atoms with Crippen LogP contribution in [-0.4, -0.2) is 36.7 Å². The first kappa shape index (κ1) is 25.6. The molecule has 0 saturated heterocycles. The van der Waals surface area contributed by atoms with Crippen molar-refractivity contribution in [2.45, 2.75) is 6.92 Å². The number of methoxy groups -OCH3 is 2. The van der Waals surface area contributed by atoms with Crippen LogP contribution in [0.3, 0.4) is 0 Å². The van der Waals surface area contributed by atoms with Gasteiger partial charge in [-0.15, -0.1) is 0 Å². The number of amides is 2. The van der Waals surface area contributed by atoms with Crippen molar-refractivity contribution >= 4 is 29.3 Å². The zero-order valence-corrected chi connectivity index (χ0v) is 19.8. The minimum absolute atomic E-state index is 0.0945. The van der Waals surface area contributed by atoms with Crippen molar-refractivity contribution in [3.8, 4) is 11.5 Å². The van der Waals surface area contributed by atoms with Crippen molar-refractivity contribution in [1.82, 2.24) is 10.7 Å². The van der Waals surface area contributed by atoms with Gasteiger partial charge in [-0.1, -0.05) is 30.3 Å². The summed E-state index contributed by atoms with van der Waals surface area (Å²) in [7, 11) is 2.99. The molecule has 0 unspecified atom stereocenters. The molecule has 3 aromatic carbocycles. The van der Waals surface area contributed by atoms with Gasteiger partial charge in [0.15, 0.2) is 0 Å². The van der Waals surface area contributed by atoms with E-state index in [0.717, 1.165) is 0 Å². The van der Waals surface area contributed by atoms with E-state index in [4.69, 9.17) is 9.47 Å². The average Bonchev–Trinajstić information content (AvgIpc) is 2.91. The molecule has 0 fully saturated rings. The number of hydrogen-bond donors (Lipinski definition) is 2. The zero-order valence-electron chi connectivity index (χ0n) is 19.8. The van der Waals surface area contributed by atoms with Gasteiger partial charge in [-0.2, -0.15) is 5.10 Å². The molecule has 0 aliphatic carbocycles. The molecule has 10 nitrogen and oxygen atoms in total. The molecule has 0 bridgehead atoms. The molecule has 3 rings (SSSR count). The van der Waals surface area contributed by atoms with E-state index in [9.17, 15) is 19.7 Å². The van der Waals surface area contributed by atoms with Crippen molar-refractivity contribution in [3.63, 3.8) is 0 Å². The molecule has 0 atom stereocenters. The molecule has 0 saturated carbocycles. The van der Waals surface area contributed by atoms with Gasteiger partial charge in [0.05, 0.1) is 24.9 Å². The Morgan fingerprint density at radius 2 is 1.67 bits per heavy atom. The fourth-order valence-electron chi connectivity index (χ4n) is 3.14. The number of hydrogen-bond acceptors (Lipinski definition) is 7. The van der Waals surface area contributed by atoms with Crippen molar-refractivity contribution in [1.29, 1.82) is 0 Å². The lowest BCUT2D eigenvalue weighted by Gasteiger charge is -2.12. The first-order chi connectivity index (χ1) is 17.3. The Morgan fingerprint density at radius 1 is 0.944 bits per heavy atom. The van der Waals surface area contributed by atoms with Gasteiger partial charge in [0.25, 0.3) is 17.5 Å². The normalized spacial score (nSPS) is 11.4. The molecule has 3 aromatic rings. The van der Waals surface area contributed by atoms with Crippen LogP contribution in [0.2, 0.25) is 0 Å². The first-order valence-corrected chi connectivity index (χ1v) is 10.7. The van der Waals surface area contributed by atoms with Crippen molar-refractivity contribution in [2.24, 2.45) is 5.10 Å². The molecule has 0 radical (unpaired) electrons. The highest BCUT2D eigenvalue weighted by atomic mass is 16.6. The third kappa shape index (κ3) is 6.54. The maximum absolute atomic E-state index is 13.1. The lowest BCUT2D eigenvalue weighted by molar-refractivity contribution is -0.384. The van der Waals surface area contributed by atoms with E-state index in [1.807, 2.05) is 0 Å². The van der Waals surface area contributed by atoms with Gasteiger partial charge in [-0.05, 0) is 37.3 Å². The summed E-state index contributed by atoms with van der Waals surface area (Å²) in [5.41, 5.74) is 3.86. The minimum Gasteiger partial charge on any atom is -0.497 e. The van der Waals surface area contributed by atoms with Crippen molar-refractivity contribution < 1.29 is 24.0 Å². The summed E-state index contributed by atoms with van der Waals surface area (Å²) in [6.07, 6.45) is 1.45. The number of nitro benzene ring substituents is 1. The maximum Gasteiger partial charge on any atom is 0.287 e. The van der Waals surface area contributed by atoms with Crippen LogP contribution in [0.4, 0.5) is 5.69 Å². The average molecular weight is 489 g/mol. The van der Waals surface area contributed by atoms with E-state index in [1.165, 1.54) is 38.5 Å². The standard InChI is InChI=1S/C26H24N4O6/c1-17(19-10-7-11-21(14-19)30(33)34)28-29-26(32)23(27-25(31)18-8-5-4-6-9-18)15-20-12-13-22(35-2)16-24(20)36-3/h4-16H,1-3H3,(H,27,31)(H,29,32)/b23-15+,28-17?. The monoisotopic (exact) mass is 488 g/mol. The van der Waals surface area contributed by atoms with Gasteiger partial charge >= 0.3 is 0 Å². The molecule has 0 aliphatic heterocycles. The van der Waals surface area contributed by atoms with Gasteiger partial charge in [0, 0.05) is 34.9 Å². The second kappa shape index (κ2) is 11.9. The highest BCUT2D eigenvalue weighted by Crippen LogP contribution is 2.26. The van der Waals surface area contributed by atoms with Crippen LogP contribution in [0.15, 0.2) is 83.6 Å². The number of hydrazone groups is 1. The molecular weight excluding hydrogens is 464 g/mol. The van der Waals surface area contributed by atoms with E-state index in [2.05, 4.69) is 15.8 Å². The molecule has 2 amide bonds. The van der Waals surface area contributed by atoms with Gasteiger partial charge in [0.2, 0.25) is 0 Å². The van der Waals surface area contributed by atoms with Gasteiger partial charge in [0.1, 0.15) is 17.2 Å². The number of carbonyl (C=O) groups excluding carboxylic acids is 2. The molecule has 2 N–H and O–H groups in total. The quantitative estimate of drug-likeness (QED) is 0.203. The summed E-state index contributed by atoms with van der Waals surface area (Å²) < 4.78 is 10.6. The van der Waals surface area contributed by atoms with Crippen LogP contribution < -0.4 is 20.2 Å². The number of benzene rings is 3. The van der Waals surface area contributed by atoms with Crippen LogP contribution in [0.25, 0.3) is 6.08 Å². The lowest BCUT2D eigenvalue weighted by atomic mass is 10.1. The summed E-state index contributed by atoms with van der Waals surface area (Å²) in [5.74, 6) is -0.226. The number of non-ortho nitro benzene ring substituents is 1. The fraction of sp³-hybridized carbons (Fsp3) is 0.115. The SMILES string of the molecule is COc1ccc(/C=C(/NC(=O)c2ccccc2)C(=O)NN=C(C)c2cccc([N+](=O)[O-])c2)c(OC)c1. The molecule has 0 spiro atoms. The number of nitrogens with zero attached hydrogens (tertiary/aromatic N) is 2. The summed E-state index contributed by atoms with van der Waals surface area (Å²) in [6.45, 7) is 1.60. The molecule has 0 aliphatic rings. The number of nitrogens with one attached hydrogen (secondary N) is 2. The van der Waals surface area contributed by atoms with Crippen molar-refractivity contribution in [2.75, 3.05) is 14.2 Å². The van der Waals surface area contributed by atoms with Crippen LogP contribution >= 0.6 is 0 Å². The molecule has 36 heavy (non-hydrogen) atoms. The fourth-order valence-corrected chi connectivity index (χ4v) is 3.14. The third-order valence-corrected chi connectivity index (χ3v) is 5.07. The van der Waals surface area contributed by atoms with Crippen LogP contribution in [0, 0.1) is 10.1 Å². The number of carbonyl (C=O) groups is 2. The van der Waals surface area contributed by atoms with Crippen LogP contribution in [0.5, 0.6) is 11.5 Å². The minimum atomic E-state index is -0.707. The van der Waals surface area contributed by atoms with Gasteiger partial charge in [-0.25, -0.2) is 5.43 Å². The predicted octanol–water partition coefficient (Wildman–Crippen LogP) is 3.92. The maximum atomic E-state index is 13.1. The summed E-state index contributed by atoms with van der Waals surface area (Å²) in [5, 5.41) is 17.7. The Hall–Kier alpha value is -4.99. The molecule has 0 heterocycles. The lowest BCUT2D eigenvalue weighted by Crippen LogP contribution is -2.33. The number of nitro groups is 1. The summed E-state index contributed by atoms with van der Waals surface area (Å²) in [4.78, 5) is 36.4. The van der Waals surface area contributed by atoms with Gasteiger partial charge in [-0.3, -0.25) is 19.7 Å². The Labute approximate surface area is 207 Å². The van der Waals surface area contributed by atoms with Crippen LogP contribution in [0.1, 0.15) is 28.4 Å².